The highest BCUT2D eigenvalue weighted by atomic mass is 16.2. The number of nitrogens with one attached hydrogen (secondary N) is 1. The van der Waals surface area contributed by atoms with Gasteiger partial charge in [0.15, 0.2) is 0 Å². The number of carbonyl (C=O) groups is 1. The molecule has 1 aliphatic heterocycles. The molecule has 1 fully saturated rings. The molecule has 2 aliphatic rings. The fourth-order valence-corrected chi connectivity index (χ4v) is 2.61. The van der Waals surface area contributed by atoms with Gasteiger partial charge in [0.1, 0.15) is 0 Å². The summed E-state index contributed by atoms with van der Waals surface area (Å²) in [5.74, 6) is 0. The normalized spacial score (nSPS) is 22.1. The first-order valence-electron chi connectivity index (χ1n) is 6.54. The van der Waals surface area contributed by atoms with Gasteiger partial charge in [-0.15, -0.1) is 0 Å². The molecule has 2 amide bonds. The van der Waals surface area contributed by atoms with Gasteiger partial charge in [-0.2, -0.15) is 0 Å². The summed E-state index contributed by atoms with van der Waals surface area (Å²) in [6.07, 6.45) is 8.99. The van der Waals surface area contributed by atoms with Crippen LogP contribution >= 0.6 is 0 Å². The maximum absolute atomic E-state index is 11.8. The molecule has 0 aromatic carbocycles. The Morgan fingerprint density at radius 2 is 1.76 bits per heavy atom. The van der Waals surface area contributed by atoms with Crippen molar-refractivity contribution in [3.05, 3.63) is 12.2 Å². The van der Waals surface area contributed by atoms with Gasteiger partial charge >= 0.3 is 6.03 Å². The summed E-state index contributed by atoms with van der Waals surface area (Å²) in [6.45, 7) is 1.77. The third kappa shape index (κ3) is 3.22. The van der Waals surface area contributed by atoms with E-state index in [1.165, 1.54) is 0 Å². The van der Waals surface area contributed by atoms with Crippen molar-refractivity contribution in [1.82, 2.24) is 15.1 Å². The van der Waals surface area contributed by atoms with E-state index >= 15 is 0 Å². The molecule has 4 heteroatoms. The monoisotopic (exact) mass is 237 g/mol. The molecule has 0 aromatic rings. The number of hydrogen-bond acceptors (Lipinski definition) is 2. The van der Waals surface area contributed by atoms with Gasteiger partial charge in [0, 0.05) is 39.3 Å². The van der Waals surface area contributed by atoms with Crippen molar-refractivity contribution in [2.75, 3.05) is 27.2 Å². The van der Waals surface area contributed by atoms with Crippen LogP contribution in [0.3, 0.4) is 0 Å². The Bertz CT molecular complexity index is 285. The van der Waals surface area contributed by atoms with Crippen molar-refractivity contribution in [3.8, 4) is 0 Å². The van der Waals surface area contributed by atoms with E-state index in [4.69, 9.17) is 0 Å². The summed E-state index contributed by atoms with van der Waals surface area (Å²) in [5, 5.41) is 3.69. The number of hydrogen-bond donors (Lipinski definition) is 1. The highest BCUT2D eigenvalue weighted by molar-refractivity contribution is 5.73. The molecule has 0 radical (unpaired) electrons. The van der Waals surface area contributed by atoms with Crippen LogP contribution in [-0.4, -0.2) is 55.1 Å². The molecule has 1 N–H and O–H groups in total. The molecule has 1 saturated heterocycles. The number of rotatable bonds is 2. The van der Waals surface area contributed by atoms with Crippen LogP contribution in [0, 0.1) is 0 Å². The molecule has 0 aromatic heterocycles. The summed E-state index contributed by atoms with van der Waals surface area (Å²) < 4.78 is 0. The van der Waals surface area contributed by atoms with E-state index in [1.54, 1.807) is 4.90 Å². The lowest BCUT2D eigenvalue weighted by molar-refractivity contribution is 0.151. The van der Waals surface area contributed by atoms with Crippen molar-refractivity contribution in [1.29, 1.82) is 0 Å². The van der Waals surface area contributed by atoms with E-state index in [0.29, 0.717) is 12.1 Å². The highest BCUT2D eigenvalue weighted by Gasteiger charge is 2.25. The van der Waals surface area contributed by atoms with Gasteiger partial charge in [-0.05, 0) is 25.7 Å². The minimum absolute atomic E-state index is 0.144. The maximum atomic E-state index is 11.8. The average Bonchev–Trinajstić information content (AvgIpc) is 2.82. The predicted molar refractivity (Wildman–Crippen MR) is 69.0 cm³/mol. The van der Waals surface area contributed by atoms with Gasteiger partial charge in [-0.25, -0.2) is 4.79 Å². The first-order valence-corrected chi connectivity index (χ1v) is 6.54. The molecular weight excluding hydrogens is 214 g/mol. The lowest BCUT2D eigenvalue weighted by atomic mass is 10.0. The third-order valence-corrected chi connectivity index (χ3v) is 3.63. The van der Waals surface area contributed by atoms with Crippen LogP contribution in [0.15, 0.2) is 12.2 Å². The van der Waals surface area contributed by atoms with Crippen molar-refractivity contribution in [3.63, 3.8) is 0 Å². The van der Waals surface area contributed by atoms with E-state index in [0.717, 1.165) is 38.8 Å². The number of urea groups is 1. The summed E-state index contributed by atoms with van der Waals surface area (Å²) in [6, 6.07) is 1.37. The Kier molecular flexibility index (Phi) is 4.05. The predicted octanol–water partition coefficient (Wildman–Crippen LogP) is 1.44. The zero-order valence-electron chi connectivity index (χ0n) is 10.9. The average molecular weight is 237 g/mol. The second-order valence-electron chi connectivity index (χ2n) is 5.24. The topological polar surface area (TPSA) is 35.6 Å². The van der Waals surface area contributed by atoms with Gasteiger partial charge in [0.05, 0.1) is 0 Å². The van der Waals surface area contributed by atoms with Gasteiger partial charge in [-0.3, -0.25) is 0 Å². The Morgan fingerprint density at radius 3 is 2.29 bits per heavy atom. The number of carbonyl (C=O) groups excluding carboxylic acids is 1. The fourth-order valence-electron chi connectivity index (χ4n) is 2.61. The molecule has 2 rings (SSSR count). The van der Waals surface area contributed by atoms with E-state index in [1.807, 2.05) is 19.0 Å². The zero-order chi connectivity index (χ0) is 12.3. The van der Waals surface area contributed by atoms with Crippen LogP contribution < -0.4 is 5.32 Å². The lowest BCUT2D eigenvalue weighted by Crippen LogP contribution is -2.49. The molecule has 4 nitrogen and oxygen atoms in total. The van der Waals surface area contributed by atoms with E-state index in [9.17, 15) is 4.79 Å². The highest BCUT2D eigenvalue weighted by Crippen LogP contribution is 2.16. The molecule has 0 saturated carbocycles. The minimum atomic E-state index is 0.144. The Hall–Kier alpha value is -1.03. The van der Waals surface area contributed by atoms with Gasteiger partial charge in [0.25, 0.3) is 0 Å². The van der Waals surface area contributed by atoms with E-state index in [-0.39, 0.29) is 6.03 Å². The van der Waals surface area contributed by atoms with Crippen LogP contribution in [-0.2, 0) is 0 Å². The standard InChI is InChI=1S/C13H23N3O/c1-15(2)13(17)16-9-7-12(8-10-16)14-11-5-3-4-6-11/h3-4,11-12,14H,5-10H2,1-2H3. The summed E-state index contributed by atoms with van der Waals surface area (Å²) in [7, 11) is 3.63. The van der Waals surface area contributed by atoms with Crippen LogP contribution in [0.4, 0.5) is 4.79 Å². The number of piperidine rings is 1. The largest absolute Gasteiger partial charge is 0.331 e. The molecule has 0 atom stereocenters. The second-order valence-corrected chi connectivity index (χ2v) is 5.24. The lowest BCUT2D eigenvalue weighted by Gasteiger charge is -2.35. The molecule has 0 bridgehead atoms. The Labute approximate surface area is 104 Å². The molecule has 96 valence electrons. The van der Waals surface area contributed by atoms with Crippen LogP contribution in [0.5, 0.6) is 0 Å². The first kappa shape index (κ1) is 12.4. The van der Waals surface area contributed by atoms with Gasteiger partial charge < -0.3 is 15.1 Å². The van der Waals surface area contributed by atoms with Crippen molar-refractivity contribution in [2.24, 2.45) is 0 Å². The quantitative estimate of drug-likeness (QED) is 0.738. The zero-order valence-corrected chi connectivity index (χ0v) is 10.9. The summed E-state index contributed by atoms with van der Waals surface area (Å²) >= 11 is 0. The summed E-state index contributed by atoms with van der Waals surface area (Å²) in [4.78, 5) is 15.4. The molecule has 1 aliphatic carbocycles. The molecule has 0 unspecified atom stereocenters. The van der Waals surface area contributed by atoms with Gasteiger partial charge in [-0.1, -0.05) is 12.2 Å². The van der Waals surface area contributed by atoms with Crippen molar-refractivity contribution >= 4 is 6.03 Å². The molecule has 17 heavy (non-hydrogen) atoms. The number of amides is 2. The van der Waals surface area contributed by atoms with Crippen LogP contribution in [0.2, 0.25) is 0 Å². The second kappa shape index (κ2) is 5.54. The molecule has 0 spiro atoms. The number of nitrogens with zero attached hydrogens (tertiary/aromatic N) is 2. The minimum Gasteiger partial charge on any atom is -0.331 e. The summed E-state index contributed by atoms with van der Waals surface area (Å²) in [5.41, 5.74) is 0. The van der Waals surface area contributed by atoms with Gasteiger partial charge in [0.2, 0.25) is 0 Å². The van der Waals surface area contributed by atoms with E-state index in [2.05, 4.69) is 17.5 Å². The van der Waals surface area contributed by atoms with Crippen molar-refractivity contribution < 1.29 is 4.79 Å². The molecular formula is C13H23N3O. The first-order chi connectivity index (χ1) is 8.16. The fraction of sp³-hybridized carbons (Fsp3) is 0.769. The van der Waals surface area contributed by atoms with Crippen LogP contribution in [0.25, 0.3) is 0 Å². The maximum Gasteiger partial charge on any atom is 0.319 e. The Morgan fingerprint density at radius 1 is 1.18 bits per heavy atom. The van der Waals surface area contributed by atoms with Crippen molar-refractivity contribution in [2.45, 2.75) is 37.8 Å². The number of likely N-dealkylation sites (tertiary alicyclic amines) is 1. The third-order valence-electron chi connectivity index (χ3n) is 3.63. The molecule has 1 heterocycles. The van der Waals surface area contributed by atoms with Crippen LogP contribution in [0.1, 0.15) is 25.7 Å². The Balaban J connectivity index is 1.72. The van der Waals surface area contributed by atoms with E-state index < -0.39 is 0 Å². The smallest absolute Gasteiger partial charge is 0.319 e. The SMILES string of the molecule is CN(C)C(=O)N1CCC(NC2CC=CC2)CC1.